The summed E-state index contributed by atoms with van der Waals surface area (Å²) >= 11 is 0. The van der Waals surface area contributed by atoms with Crippen molar-refractivity contribution < 1.29 is 13.9 Å². The largest absolute Gasteiger partial charge is 0.372 e. The highest BCUT2D eigenvalue weighted by Gasteiger charge is 2.25. The van der Waals surface area contributed by atoms with Gasteiger partial charge in [-0.25, -0.2) is 9.18 Å². The number of urea groups is 1. The minimum atomic E-state index is -0.237. The topological polar surface area (TPSA) is 53.6 Å². The van der Waals surface area contributed by atoms with Crippen LogP contribution in [0.2, 0.25) is 0 Å². The number of para-hydroxylation sites is 1. The molecule has 4 rings (SSSR count). The van der Waals surface area contributed by atoms with Crippen LogP contribution >= 0.6 is 0 Å². The van der Waals surface area contributed by atoms with Crippen LogP contribution in [-0.2, 0) is 18.0 Å². The molecule has 130 valence electrons. The van der Waals surface area contributed by atoms with Crippen molar-refractivity contribution >= 4 is 17.4 Å². The Morgan fingerprint density at radius 2 is 2.00 bits per heavy atom. The molecule has 2 N–H and O–H groups in total. The van der Waals surface area contributed by atoms with Crippen LogP contribution in [0.4, 0.5) is 20.6 Å². The first-order chi connectivity index (χ1) is 12.2. The van der Waals surface area contributed by atoms with Crippen LogP contribution in [0.15, 0.2) is 42.5 Å². The second-order valence-electron chi connectivity index (χ2n) is 6.46. The Bertz CT molecular complexity index is 796. The monoisotopic (exact) mass is 341 g/mol. The third-order valence-electron chi connectivity index (χ3n) is 4.70. The van der Waals surface area contributed by atoms with Crippen LogP contribution in [0.5, 0.6) is 0 Å². The number of hydrogen-bond acceptors (Lipinski definition) is 3. The lowest BCUT2D eigenvalue weighted by molar-refractivity contribution is 0.134. The van der Waals surface area contributed by atoms with Gasteiger partial charge in [-0.2, -0.15) is 0 Å². The summed E-state index contributed by atoms with van der Waals surface area (Å²) in [6.07, 6.45) is 0.791. The van der Waals surface area contributed by atoms with E-state index in [0.29, 0.717) is 25.4 Å². The number of anilines is 2. The van der Waals surface area contributed by atoms with Crippen molar-refractivity contribution in [3.63, 3.8) is 0 Å². The van der Waals surface area contributed by atoms with Crippen LogP contribution in [0, 0.1) is 5.82 Å². The first-order valence-electron chi connectivity index (χ1n) is 8.45. The van der Waals surface area contributed by atoms with Gasteiger partial charge < -0.3 is 20.3 Å². The molecular weight excluding hydrogens is 321 g/mol. The van der Waals surface area contributed by atoms with Gasteiger partial charge in [0.25, 0.3) is 0 Å². The molecule has 0 bridgehead atoms. The molecule has 6 heteroatoms. The second-order valence-corrected chi connectivity index (χ2v) is 6.46. The first kappa shape index (κ1) is 15.9. The number of carbonyl (C=O) groups is 1. The van der Waals surface area contributed by atoms with Gasteiger partial charge in [-0.1, -0.05) is 18.2 Å². The Balaban J connectivity index is 1.34. The van der Waals surface area contributed by atoms with Gasteiger partial charge in [0.05, 0.1) is 18.9 Å². The zero-order valence-electron chi connectivity index (χ0n) is 13.8. The van der Waals surface area contributed by atoms with Gasteiger partial charge in [-0.3, -0.25) is 0 Å². The molecule has 5 nitrogen and oxygen atoms in total. The lowest BCUT2D eigenvalue weighted by Crippen LogP contribution is -2.39. The van der Waals surface area contributed by atoms with Crippen molar-refractivity contribution in [1.82, 2.24) is 5.32 Å². The van der Waals surface area contributed by atoms with Crippen LogP contribution in [0.1, 0.15) is 17.5 Å². The average molecular weight is 341 g/mol. The third-order valence-corrected chi connectivity index (χ3v) is 4.70. The van der Waals surface area contributed by atoms with Crippen LogP contribution in [-0.4, -0.2) is 25.2 Å². The smallest absolute Gasteiger partial charge is 0.319 e. The van der Waals surface area contributed by atoms with Gasteiger partial charge in [0.2, 0.25) is 0 Å². The minimum absolute atomic E-state index is 0.00244. The molecule has 0 aromatic heterocycles. The Morgan fingerprint density at radius 3 is 2.88 bits per heavy atom. The zero-order valence-corrected chi connectivity index (χ0v) is 13.8. The van der Waals surface area contributed by atoms with E-state index in [1.807, 2.05) is 29.2 Å². The molecule has 2 aromatic rings. The first-order valence-corrected chi connectivity index (χ1v) is 8.45. The Kier molecular flexibility index (Phi) is 4.28. The summed E-state index contributed by atoms with van der Waals surface area (Å²) in [5.74, 6) is -0.229. The van der Waals surface area contributed by atoms with Crippen molar-refractivity contribution in [3.05, 3.63) is 59.4 Å². The second kappa shape index (κ2) is 6.72. The molecule has 0 radical (unpaired) electrons. The maximum absolute atomic E-state index is 13.9. The summed E-state index contributed by atoms with van der Waals surface area (Å²) in [6, 6.07) is 12.3. The molecule has 0 saturated carbocycles. The number of carbonyl (C=O) groups excluding carboxylic acids is 1. The average Bonchev–Trinajstić information content (AvgIpc) is 3.24. The highest BCUT2D eigenvalue weighted by molar-refractivity contribution is 5.89. The normalized spacial score (nSPS) is 18.9. The molecule has 1 atom stereocenters. The van der Waals surface area contributed by atoms with Crippen molar-refractivity contribution in [1.29, 1.82) is 0 Å². The fourth-order valence-electron chi connectivity index (χ4n) is 3.41. The fraction of sp³-hybridized carbons (Fsp3) is 0.316. The van der Waals surface area contributed by atoms with Gasteiger partial charge >= 0.3 is 6.03 Å². The number of fused-ring (bicyclic) bond motifs is 1. The van der Waals surface area contributed by atoms with E-state index < -0.39 is 0 Å². The summed E-state index contributed by atoms with van der Waals surface area (Å²) in [4.78, 5) is 14.2. The molecule has 2 heterocycles. The number of ether oxygens (including phenoxy) is 1. The standard InChI is InChI=1S/C19H20FN3O2/c20-17-3-1-2-4-18(17)23-8-7-16(10-23)22-19(24)21-15-6-5-13-11-25-12-14(13)9-15/h1-6,9,16H,7-8,10-12H2,(H2,21,22,24)/t16-/m1/s1. The quantitative estimate of drug-likeness (QED) is 0.901. The minimum Gasteiger partial charge on any atom is -0.372 e. The number of benzene rings is 2. The van der Waals surface area contributed by atoms with Crippen molar-refractivity contribution in [3.8, 4) is 0 Å². The molecule has 0 spiro atoms. The molecule has 2 aromatic carbocycles. The van der Waals surface area contributed by atoms with Crippen LogP contribution in [0.25, 0.3) is 0 Å². The molecular formula is C19H20FN3O2. The summed E-state index contributed by atoms with van der Waals surface area (Å²) in [7, 11) is 0. The number of hydrogen-bond donors (Lipinski definition) is 2. The van der Waals surface area contributed by atoms with Gasteiger partial charge in [-0.15, -0.1) is 0 Å². The SMILES string of the molecule is O=C(Nc1ccc2c(c1)COC2)N[C@@H]1CCN(c2ccccc2F)C1. The lowest BCUT2D eigenvalue weighted by Gasteiger charge is -2.19. The van der Waals surface area contributed by atoms with E-state index in [4.69, 9.17) is 4.74 Å². The van der Waals surface area contributed by atoms with E-state index in [-0.39, 0.29) is 17.9 Å². The molecule has 0 unspecified atom stereocenters. The van der Waals surface area contributed by atoms with Gasteiger partial charge in [-0.05, 0) is 41.8 Å². The number of nitrogens with one attached hydrogen (secondary N) is 2. The maximum Gasteiger partial charge on any atom is 0.319 e. The molecule has 25 heavy (non-hydrogen) atoms. The Labute approximate surface area is 145 Å². The third kappa shape index (κ3) is 3.44. The molecule has 1 saturated heterocycles. The summed E-state index contributed by atoms with van der Waals surface area (Å²) in [5, 5.41) is 5.84. The fourth-order valence-corrected chi connectivity index (χ4v) is 3.41. The van der Waals surface area contributed by atoms with Crippen LogP contribution < -0.4 is 15.5 Å². The van der Waals surface area contributed by atoms with E-state index in [1.165, 1.54) is 11.6 Å². The predicted octanol–water partition coefficient (Wildman–Crippen LogP) is 3.26. The Hall–Kier alpha value is -2.60. The van der Waals surface area contributed by atoms with E-state index in [2.05, 4.69) is 10.6 Å². The predicted molar refractivity (Wildman–Crippen MR) is 94.1 cm³/mol. The molecule has 2 aliphatic rings. The van der Waals surface area contributed by atoms with E-state index in [1.54, 1.807) is 12.1 Å². The molecule has 2 aliphatic heterocycles. The number of rotatable bonds is 3. The van der Waals surface area contributed by atoms with Gasteiger partial charge in [0.15, 0.2) is 0 Å². The van der Waals surface area contributed by atoms with E-state index >= 15 is 0 Å². The van der Waals surface area contributed by atoms with E-state index in [0.717, 1.165) is 24.2 Å². The van der Waals surface area contributed by atoms with Crippen LogP contribution in [0.3, 0.4) is 0 Å². The van der Waals surface area contributed by atoms with Crippen molar-refractivity contribution in [2.75, 3.05) is 23.3 Å². The van der Waals surface area contributed by atoms with Crippen molar-refractivity contribution in [2.45, 2.75) is 25.7 Å². The van der Waals surface area contributed by atoms with Gasteiger partial charge in [0, 0.05) is 24.8 Å². The maximum atomic E-state index is 13.9. The number of halogens is 1. The summed E-state index contributed by atoms with van der Waals surface area (Å²) in [6.45, 7) is 2.55. The lowest BCUT2D eigenvalue weighted by atomic mass is 10.1. The van der Waals surface area contributed by atoms with Crippen molar-refractivity contribution in [2.24, 2.45) is 0 Å². The summed E-state index contributed by atoms with van der Waals surface area (Å²) < 4.78 is 19.3. The number of amides is 2. The zero-order chi connectivity index (χ0) is 17.2. The van der Waals surface area contributed by atoms with E-state index in [9.17, 15) is 9.18 Å². The molecule has 1 fully saturated rings. The Morgan fingerprint density at radius 1 is 1.16 bits per heavy atom. The molecule has 0 aliphatic carbocycles. The summed E-state index contributed by atoms with van der Waals surface area (Å²) in [5.41, 5.74) is 3.63. The number of nitrogens with zero attached hydrogens (tertiary/aromatic N) is 1. The highest BCUT2D eigenvalue weighted by Crippen LogP contribution is 2.24. The highest BCUT2D eigenvalue weighted by atomic mass is 19.1. The van der Waals surface area contributed by atoms with Gasteiger partial charge in [0.1, 0.15) is 5.82 Å². The molecule has 2 amide bonds.